The van der Waals surface area contributed by atoms with E-state index in [0.29, 0.717) is 17.7 Å². The lowest BCUT2D eigenvalue weighted by atomic mass is 9.94. The number of amides is 1. The van der Waals surface area contributed by atoms with Gasteiger partial charge in [0.05, 0.1) is 0 Å². The molecule has 2 atom stereocenters. The standard InChI is InChI=1S/C12H16N4O2/c17-11-4-3-9(14-15-11)12(18)16-6-8-2-1-5-13-10(8)7-16/h3-4,8,10,13H,1-2,5-7H2,(H,15,17). The fourth-order valence-electron chi connectivity index (χ4n) is 2.84. The molecule has 18 heavy (non-hydrogen) atoms. The number of carbonyl (C=O) groups excluding carboxylic acids is 1. The van der Waals surface area contributed by atoms with Gasteiger partial charge in [-0.05, 0) is 31.4 Å². The minimum absolute atomic E-state index is 0.0950. The first-order chi connectivity index (χ1) is 8.74. The second-order valence-electron chi connectivity index (χ2n) is 4.98. The Labute approximate surface area is 104 Å². The smallest absolute Gasteiger partial charge is 0.274 e. The van der Waals surface area contributed by atoms with E-state index in [-0.39, 0.29) is 11.5 Å². The molecule has 1 amide bonds. The van der Waals surface area contributed by atoms with Gasteiger partial charge in [0.25, 0.3) is 11.5 Å². The fraction of sp³-hybridized carbons (Fsp3) is 0.583. The minimum Gasteiger partial charge on any atom is -0.335 e. The first-order valence-corrected chi connectivity index (χ1v) is 6.32. The lowest BCUT2D eigenvalue weighted by Crippen LogP contribution is -2.41. The Bertz CT molecular complexity index is 479. The lowest BCUT2D eigenvalue weighted by Gasteiger charge is -2.24. The molecule has 6 nitrogen and oxygen atoms in total. The highest BCUT2D eigenvalue weighted by atomic mass is 16.2. The van der Waals surface area contributed by atoms with Crippen molar-refractivity contribution in [3.05, 3.63) is 28.2 Å². The minimum atomic E-state index is -0.289. The normalized spacial score (nSPS) is 27.0. The summed E-state index contributed by atoms with van der Waals surface area (Å²) in [4.78, 5) is 25.0. The molecule has 2 fully saturated rings. The number of nitrogens with one attached hydrogen (secondary N) is 2. The van der Waals surface area contributed by atoms with Gasteiger partial charge < -0.3 is 10.2 Å². The largest absolute Gasteiger partial charge is 0.335 e. The third-order valence-electron chi connectivity index (χ3n) is 3.78. The van der Waals surface area contributed by atoms with Crippen LogP contribution in [0, 0.1) is 5.92 Å². The zero-order valence-corrected chi connectivity index (χ0v) is 10.1. The van der Waals surface area contributed by atoms with Crippen LogP contribution in [0.2, 0.25) is 0 Å². The average Bonchev–Trinajstić information content (AvgIpc) is 2.82. The Kier molecular flexibility index (Phi) is 2.87. The number of aromatic amines is 1. The summed E-state index contributed by atoms with van der Waals surface area (Å²) in [7, 11) is 0. The van der Waals surface area contributed by atoms with Crippen molar-refractivity contribution in [3.63, 3.8) is 0 Å². The van der Waals surface area contributed by atoms with Crippen molar-refractivity contribution < 1.29 is 4.79 Å². The topological polar surface area (TPSA) is 78.1 Å². The zero-order chi connectivity index (χ0) is 12.5. The van der Waals surface area contributed by atoms with Crippen LogP contribution in [0.25, 0.3) is 0 Å². The number of hydrogen-bond acceptors (Lipinski definition) is 4. The molecule has 0 aliphatic carbocycles. The quantitative estimate of drug-likeness (QED) is 0.708. The van der Waals surface area contributed by atoms with Crippen molar-refractivity contribution >= 4 is 5.91 Å². The van der Waals surface area contributed by atoms with Gasteiger partial charge in [0.1, 0.15) is 5.69 Å². The Hall–Kier alpha value is -1.69. The molecule has 2 saturated heterocycles. The van der Waals surface area contributed by atoms with Gasteiger partial charge in [-0.1, -0.05) is 0 Å². The molecule has 0 radical (unpaired) electrons. The summed E-state index contributed by atoms with van der Waals surface area (Å²) < 4.78 is 0. The lowest BCUT2D eigenvalue weighted by molar-refractivity contribution is 0.0778. The van der Waals surface area contributed by atoms with Crippen LogP contribution in [0.4, 0.5) is 0 Å². The number of hydrogen-bond donors (Lipinski definition) is 2. The Morgan fingerprint density at radius 1 is 1.39 bits per heavy atom. The van der Waals surface area contributed by atoms with Crippen LogP contribution in [0.3, 0.4) is 0 Å². The number of H-pyrrole nitrogens is 1. The van der Waals surface area contributed by atoms with E-state index in [2.05, 4.69) is 15.5 Å². The molecule has 0 saturated carbocycles. The van der Waals surface area contributed by atoms with Gasteiger partial charge in [0.2, 0.25) is 0 Å². The highest BCUT2D eigenvalue weighted by Crippen LogP contribution is 2.25. The molecule has 96 valence electrons. The van der Waals surface area contributed by atoms with Crippen LogP contribution in [0.5, 0.6) is 0 Å². The summed E-state index contributed by atoms with van der Waals surface area (Å²) in [6.45, 7) is 2.57. The first kappa shape index (κ1) is 11.4. The molecule has 0 bridgehead atoms. The van der Waals surface area contributed by atoms with Gasteiger partial charge in [-0.15, -0.1) is 0 Å². The van der Waals surface area contributed by atoms with E-state index in [4.69, 9.17) is 0 Å². The summed E-state index contributed by atoms with van der Waals surface area (Å²) in [5.41, 5.74) is 0.0246. The molecule has 2 aliphatic heterocycles. The number of carbonyl (C=O) groups is 1. The third kappa shape index (κ3) is 2.03. The highest BCUT2D eigenvalue weighted by molar-refractivity contribution is 5.92. The van der Waals surface area contributed by atoms with Gasteiger partial charge in [-0.25, -0.2) is 5.10 Å². The third-order valence-corrected chi connectivity index (χ3v) is 3.78. The van der Waals surface area contributed by atoms with E-state index < -0.39 is 0 Å². The van der Waals surface area contributed by atoms with Crippen molar-refractivity contribution in [2.45, 2.75) is 18.9 Å². The van der Waals surface area contributed by atoms with Gasteiger partial charge in [-0.3, -0.25) is 9.59 Å². The summed E-state index contributed by atoms with van der Waals surface area (Å²) in [6, 6.07) is 3.24. The highest BCUT2D eigenvalue weighted by Gasteiger charge is 2.36. The number of likely N-dealkylation sites (tertiary alicyclic amines) is 1. The van der Waals surface area contributed by atoms with Crippen molar-refractivity contribution in [2.24, 2.45) is 5.92 Å². The zero-order valence-electron chi connectivity index (χ0n) is 10.1. The number of piperidine rings is 1. The van der Waals surface area contributed by atoms with Crippen LogP contribution < -0.4 is 10.9 Å². The van der Waals surface area contributed by atoms with Crippen LogP contribution in [-0.4, -0.2) is 46.7 Å². The molecule has 6 heteroatoms. The number of nitrogens with zero attached hydrogens (tertiary/aromatic N) is 2. The molecule has 3 rings (SSSR count). The van der Waals surface area contributed by atoms with Crippen molar-refractivity contribution in [1.29, 1.82) is 0 Å². The van der Waals surface area contributed by atoms with E-state index in [1.807, 2.05) is 4.90 Å². The maximum Gasteiger partial charge on any atom is 0.274 e. The van der Waals surface area contributed by atoms with Gasteiger partial charge in [0, 0.05) is 25.2 Å². The Morgan fingerprint density at radius 2 is 2.28 bits per heavy atom. The molecule has 3 heterocycles. The summed E-state index contributed by atoms with van der Waals surface area (Å²) in [5.74, 6) is 0.466. The van der Waals surface area contributed by atoms with Gasteiger partial charge in [-0.2, -0.15) is 5.10 Å². The second kappa shape index (κ2) is 4.53. The Morgan fingerprint density at radius 3 is 3.00 bits per heavy atom. The van der Waals surface area contributed by atoms with Crippen LogP contribution in [-0.2, 0) is 0 Å². The van der Waals surface area contributed by atoms with Gasteiger partial charge in [0.15, 0.2) is 0 Å². The number of aromatic nitrogens is 2. The predicted molar refractivity (Wildman–Crippen MR) is 65.3 cm³/mol. The van der Waals surface area contributed by atoms with Crippen LogP contribution in [0.15, 0.2) is 16.9 Å². The van der Waals surface area contributed by atoms with E-state index in [0.717, 1.165) is 19.6 Å². The molecule has 0 spiro atoms. The van der Waals surface area contributed by atoms with Crippen molar-refractivity contribution in [1.82, 2.24) is 20.4 Å². The maximum atomic E-state index is 12.2. The van der Waals surface area contributed by atoms with E-state index in [1.54, 1.807) is 0 Å². The SMILES string of the molecule is O=C(c1ccc(=O)[nH]n1)N1CC2CCCNC2C1. The molecule has 2 aliphatic rings. The van der Waals surface area contributed by atoms with E-state index in [1.165, 1.54) is 25.0 Å². The molecular weight excluding hydrogens is 232 g/mol. The van der Waals surface area contributed by atoms with E-state index >= 15 is 0 Å². The molecular formula is C12H16N4O2. The molecule has 1 aromatic heterocycles. The molecule has 2 unspecified atom stereocenters. The van der Waals surface area contributed by atoms with E-state index in [9.17, 15) is 9.59 Å². The fourth-order valence-corrected chi connectivity index (χ4v) is 2.84. The molecule has 0 aromatic carbocycles. The van der Waals surface area contributed by atoms with Crippen molar-refractivity contribution in [2.75, 3.05) is 19.6 Å². The van der Waals surface area contributed by atoms with Crippen LogP contribution in [0.1, 0.15) is 23.3 Å². The summed E-state index contributed by atoms with van der Waals surface area (Å²) >= 11 is 0. The van der Waals surface area contributed by atoms with Crippen LogP contribution >= 0.6 is 0 Å². The Balaban J connectivity index is 1.74. The first-order valence-electron chi connectivity index (χ1n) is 6.32. The maximum absolute atomic E-state index is 12.2. The predicted octanol–water partition coefficient (Wildman–Crippen LogP) is -0.406. The molecule has 1 aromatic rings. The monoisotopic (exact) mass is 248 g/mol. The average molecular weight is 248 g/mol. The second-order valence-corrected chi connectivity index (χ2v) is 4.98. The number of fused-ring (bicyclic) bond motifs is 1. The van der Waals surface area contributed by atoms with Gasteiger partial charge >= 0.3 is 0 Å². The molecule has 2 N–H and O–H groups in total. The summed E-state index contributed by atoms with van der Waals surface area (Å²) in [5, 5.41) is 9.54. The summed E-state index contributed by atoms with van der Waals surface area (Å²) in [6.07, 6.45) is 2.36. The van der Waals surface area contributed by atoms with Crippen molar-refractivity contribution in [3.8, 4) is 0 Å². The number of rotatable bonds is 1.